The zero-order valence-electron chi connectivity index (χ0n) is 12.9. The van der Waals surface area contributed by atoms with Crippen LogP contribution in [0.25, 0.3) is 0 Å². The molecule has 1 heterocycles. The molecule has 0 aromatic carbocycles. The molecular formula is C15H27N3OS. The van der Waals surface area contributed by atoms with Crippen molar-refractivity contribution in [3.63, 3.8) is 0 Å². The minimum Gasteiger partial charge on any atom is -0.378 e. The molecule has 0 amide bonds. The maximum absolute atomic E-state index is 5.61. The van der Waals surface area contributed by atoms with Crippen molar-refractivity contribution in [2.45, 2.75) is 65.0 Å². The quantitative estimate of drug-likeness (QED) is 0.759. The second kappa shape index (κ2) is 8.05. The predicted molar refractivity (Wildman–Crippen MR) is 83.1 cm³/mol. The highest BCUT2D eigenvalue weighted by atomic mass is 32.1. The van der Waals surface area contributed by atoms with Crippen molar-refractivity contribution < 1.29 is 4.74 Å². The summed E-state index contributed by atoms with van der Waals surface area (Å²) < 4.78 is 5.61. The van der Waals surface area contributed by atoms with Crippen LogP contribution in [0.5, 0.6) is 0 Å². The van der Waals surface area contributed by atoms with Gasteiger partial charge in [-0.05, 0) is 45.1 Å². The zero-order valence-corrected chi connectivity index (χ0v) is 13.7. The third-order valence-electron chi connectivity index (χ3n) is 3.89. The molecule has 1 aliphatic rings. The first-order valence-electron chi connectivity index (χ1n) is 7.94. The average Bonchev–Trinajstić information content (AvgIpc) is 2.86. The molecule has 1 unspecified atom stereocenters. The number of hydrogen-bond donors (Lipinski definition) is 1. The lowest BCUT2D eigenvalue weighted by atomic mass is 9.80. The van der Waals surface area contributed by atoms with E-state index in [2.05, 4.69) is 36.3 Å². The minimum absolute atomic E-state index is 0.374. The monoisotopic (exact) mass is 297 g/mol. The van der Waals surface area contributed by atoms with Crippen molar-refractivity contribution in [1.82, 2.24) is 15.5 Å². The first-order chi connectivity index (χ1) is 9.76. The predicted octanol–water partition coefficient (Wildman–Crippen LogP) is 3.35. The normalized spacial score (nSPS) is 23.6. The summed E-state index contributed by atoms with van der Waals surface area (Å²) in [4.78, 5) is 0. The van der Waals surface area contributed by atoms with Crippen LogP contribution in [0.4, 0.5) is 0 Å². The Morgan fingerprint density at radius 1 is 1.30 bits per heavy atom. The van der Waals surface area contributed by atoms with E-state index in [4.69, 9.17) is 4.74 Å². The zero-order chi connectivity index (χ0) is 14.4. The van der Waals surface area contributed by atoms with Crippen LogP contribution >= 0.6 is 11.3 Å². The Bertz CT molecular complexity index is 390. The molecule has 5 heteroatoms. The molecule has 0 spiro atoms. The van der Waals surface area contributed by atoms with Gasteiger partial charge in [-0.25, -0.2) is 0 Å². The Hall–Kier alpha value is -0.520. The summed E-state index contributed by atoms with van der Waals surface area (Å²) >= 11 is 1.78. The molecule has 1 N–H and O–H groups in total. The molecule has 1 atom stereocenters. The van der Waals surface area contributed by atoms with E-state index in [0.29, 0.717) is 12.1 Å². The molecule has 114 valence electrons. The molecule has 20 heavy (non-hydrogen) atoms. The minimum atomic E-state index is 0.374. The van der Waals surface area contributed by atoms with Gasteiger partial charge < -0.3 is 10.1 Å². The molecule has 0 saturated heterocycles. The van der Waals surface area contributed by atoms with Gasteiger partial charge in [-0.1, -0.05) is 25.2 Å². The van der Waals surface area contributed by atoms with Crippen LogP contribution < -0.4 is 5.32 Å². The third-order valence-corrected chi connectivity index (χ3v) is 4.95. The van der Waals surface area contributed by atoms with Gasteiger partial charge in [-0.3, -0.25) is 0 Å². The van der Waals surface area contributed by atoms with Crippen LogP contribution in [-0.2, 0) is 11.2 Å². The van der Waals surface area contributed by atoms with Crippen LogP contribution in [0.3, 0.4) is 0 Å². The summed E-state index contributed by atoms with van der Waals surface area (Å²) in [6.45, 7) is 8.34. The Morgan fingerprint density at radius 3 is 2.75 bits per heavy atom. The number of nitrogens with zero attached hydrogens (tertiary/aromatic N) is 2. The van der Waals surface area contributed by atoms with Crippen molar-refractivity contribution in [3.8, 4) is 0 Å². The average molecular weight is 297 g/mol. The Labute approximate surface area is 126 Å². The topological polar surface area (TPSA) is 47.0 Å². The standard InChI is InChI=1S/C15H27N3OS/c1-4-7-16-13(5-2)15-18-17-14(20-15)10-11-8-12(9-11)19-6-3/h11-13,16H,4-10H2,1-3H3. The van der Waals surface area contributed by atoms with E-state index in [1.165, 1.54) is 17.8 Å². The van der Waals surface area contributed by atoms with E-state index < -0.39 is 0 Å². The fraction of sp³-hybridized carbons (Fsp3) is 0.867. The van der Waals surface area contributed by atoms with Gasteiger partial charge in [0.25, 0.3) is 0 Å². The Kier molecular flexibility index (Phi) is 6.39. The van der Waals surface area contributed by atoms with Gasteiger partial charge in [0.15, 0.2) is 0 Å². The number of hydrogen-bond acceptors (Lipinski definition) is 5. The molecule has 2 rings (SSSR count). The van der Waals surface area contributed by atoms with Crippen molar-refractivity contribution in [1.29, 1.82) is 0 Å². The molecule has 0 aliphatic heterocycles. The number of aromatic nitrogens is 2. The lowest BCUT2D eigenvalue weighted by Gasteiger charge is -2.34. The summed E-state index contributed by atoms with van der Waals surface area (Å²) in [5.41, 5.74) is 0. The molecule has 4 nitrogen and oxygen atoms in total. The fourth-order valence-corrected chi connectivity index (χ4v) is 3.79. The summed E-state index contributed by atoms with van der Waals surface area (Å²) in [7, 11) is 0. The lowest BCUT2D eigenvalue weighted by Crippen LogP contribution is -2.32. The first kappa shape index (κ1) is 15.9. The number of nitrogens with one attached hydrogen (secondary N) is 1. The lowest BCUT2D eigenvalue weighted by molar-refractivity contribution is -0.0240. The maximum Gasteiger partial charge on any atom is 0.134 e. The van der Waals surface area contributed by atoms with Gasteiger partial charge in [-0.15, -0.1) is 10.2 Å². The van der Waals surface area contributed by atoms with Crippen LogP contribution in [0.1, 0.15) is 62.5 Å². The highest BCUT2D eigenvalue weighted by Gasteiger charge is 2.30. The van der Waals surface area contributed by atoms with E-state index in [1.807, 2.05) is 0 Å². The second-order valence-corrected chi connectivity index (χ2v) is 6.66. The van der Waals surface area contributed by atoms with Gasteiger partial charge in [0, 0.05) is 13.0 Å². The second-order valence-electron chi connectivity index (χ2n) is 5.57. The summed E-state index contributed by atoms with van der Waals surface area (Å²) in [5.74, 6) is 0.746. The van der Waals surface area contributed by atoms with Crippen LogP contribution in [0.2, 0.25) is 0 Å². The molecule has 0 bridgehead atoms. The van der Waals surface area contributed by atoms with Crippen molar-refractivity contribution in [3.05, 3.63) is 10.0 Å². The largest absolute Gasteiger partial charge is 0.378 e. The van der Waals surface area contributed by atoms with Crippen molar-refractivity contribution in [2.24, 2.45) is 5.92 Å². The smallest absolute Gasteiger partial charge is 0.134 e. The molecule has 1 aromatic rings. The van der Waals surface area contributed by atoms with Crippen LogP contribution in [-0.4, -0.2) is 29.5 Å². The summed E-state index contributed by atoms with van der Waals surface area (Å²) in [5, 5.41) is 14.6. The van der Waals surface area contributed by atoms with E-state index >= 15 is 0 Å². The first-order valence-corrected chi connectivity index (χ1v) is 8.75. The molecular weight excluding hydrogens is 270 g/mol. The maximum atomic E-state index is 5.61. The van der Waals surface area contributed by atoms with Gasteiger partial charge in [-0.2, -0.15) is 0 Å². The van der Waals surface area contributed by atoms with E-state index in [0.717, 1.165) is 43.3 Å². The molecule has 1 aliphatic carbocycles. The highest BCUT2D eigenvalue weighted by molar-refractivity contribution is 7.11. The fourth-order valence-electron chi connectivity index (χ4n) is 2.67. The Balaban J connectivity index is 1.80. The van der Waals surface area contributed by atoms with Crippen LogP contribution in [0, 0.1) is 5.92 Å². The SMILES string of the molecule is CCCNC(CC)c1nnc(CC2CC(OCC)C2)s1. The van der Waals surface area contributed by atoms with E-state index in [9.17, 15) is 0 Å². The van der Waals surface area contributed by atoms with Crippen molar-refractivity contribution >= 4 is 11.3 Å². The summed E-state index contributed by atoms with van der Waals surface area (Å²) in [6, 6.07) is 0.374. The molecule has 1 aromatic heterocycles. The Morgan fingerprint density at radius 2 is 2.10 bits per heavy atom. The molecule has 1 fully saturated rings. The van der Waals surface area contributed by atoms with Gasteiger partial charge in [0.1, 0.15) is 10.0 Å². The molecule has 1 saturated carbocycles. The number of rotatable bonds is 9. The third kappa shape index (κ3) is 4.24. The van der Waals surface area contributed by atoms with E-state index in [1.54, 1.807) is 11.3 Å². The summed E-state index contributed by atoms with van der Waals surface area (Å²) in [6.07, 6.45) is 6.17. The van der Waals surface area contributed by atoms with Crippen molar-refractivity contribution in [2.75, 3.05) is 13.2 Å². The number of ether oxygens (including phenoxy) is 1. The van der Waals surface area contributed by atoms with E-state index in [-0.39, 0.29) is 0 Å². The van der Waals surface area contributed by atoms with Gasteiger partial charge in [0.05, 0.1) is 12.1 Å². The van der Waals surface area contributed by atoms with Gasteiger partial charge >= 0.3 is 0 Å². The van der Waals surface area contributed by atoms with Gasteiger partial charge in [0.2, 0.25) is 0 Å². The van der Waals surface area contributed by atoms with Crippen LogP contribution in [0.15, 0.2) is 0 Å². The highest BCUT2D eigenvalue weighted by Crippen LogP contribution is 2.34. The molecule has 0 radical (unpaired) electrons.